The Labute approximate surface area is 124 Å². The summed E-state index contributed by atoms with van der Waals surface area (Å²) in [5, 5.41) is 3.42. The van der Waals surface area contributed by atoms with Gasteiger partial charge >= 0.3 is 0 Å². The van der Waals surface area contributed by atoms with E-state index < -0.39 is 0 Å². The van der Waals surface area contributed by atoms with Crippen LogP contribution in [0.25, 0.3) is 0 Å². The van der Waals surface area contributed by atoms with Crippen LogP contribution in [0.2, 0.25) is 0 Å². The van der Waals surface area contributed by atoms with Crippen molar-refractivity contribution in [3.63, 3.8) is 0 Å². The number of aryl methyl sites for hydroxylation is 1. The maximum Gasteiger partial charge on any atom is 0.0948 e. The van der Waals surface area contributed by atoms with Crippen LogP contribution in [-0.4, -0.2) is 9.55 Å². The normalized spacial score (nSPS) is 10.6. The average molecular weight is 373 g/mol. The molecule has 0 unspecified atom stereocenters. The summed E-state index contributed by atoms with van der Waals surface area (Å²) in [7, 11) is 0. The van der Waals surface area contributed by atoms with Crippen molar-refractivity contribution in [2.75, 3.05) is 5.32 Å². The number of halogens is 2. The summed E-state index contributed by atoms with van der Waals surface area (Å²) in [6, 6.07) is 6.09. The molecule has 2 aromatic rings. The van der Waals surface area contributed by atoms with Gasteiger partial charge in [-0.15, -0.1) is 0 Å². The van der Waals surface area contributed by atoms with Crippen molar-refractivity contribution in [1.82, 2.24) is 9.55 Å². The second-order valence-corrected chi connectivity index (χ2v) is 5.83. The van der Waals surface area contributed by atoms with Crippen molar-refractivity contribution in [1.29, 1.82) is 0 Å². The number of hydrogen-bond donors (Lipinski definition) is 1. The Morgan fingerprint density at radius 3 is 2.94 bits per heavy atom. The van der Waals surface area contributed by atoms with Crippen molar-refractivity contribution in [2.24, 2.45) is 0 Å². The number of aromatic nitrogens is 2. The number of nitrogens with one attached hydrogen (secondary N) is 1. The maximum absolute atomic E-state index is 4.19. The molecule has 1 N–H and O–H groups in total. The highest BCUT2D eigenvalue weighted by atomic mass is 79.9. The van der Waals surface area contributed by atoms with Crippen molar-refractivity contribution < 1.29 is 0 Å². The molecule has 0 spiro atoms. The molecule has 0 aliphatic heterocycles. The van der Waals surface area contributed by atoms with Crippen molar-refractivity contribution in [3.05, 3.63) is 45.4 Å². The fourth-order valence-corrected chi connectivity index (χ4v) is 2.50. The van der Waals surface area contributed by atoms with Gasteiger partial charge in [0.1, 0.15) is 0 Å². The second kappa shape index (κ2) is 6.38. The second-order valence-electron chi connectivity index (χ2n) is 4.06. The predicted molar refractivity (Wildman–Crippen MR) is 81.7 cm³/mol. The first-order valence-corrected chi connectivity index (χ1v) is 7.47. The van der Waals surface area contributed by atoms with E-state index in [0.29, 0.717) is 0 Å². The standard InChI is InChI=1S/C13H15Br2N3/c1-2-5-18-9-16-7-11(18)8-17-13-6-10(14)3-4-12(13)15/h3-4,6-7,9,17H,2,5,8H2,1H3. The summed E-state index contributed by atoms with van der Waals surface area (Å²) in [6.07, 6.45) is 4.91. The lowest BCUT2D eigenvalue weighted by Crippen LogP contribution is -2.07. The van der Waals surface area contributed by atoms with Gasteiger partial charge in [-0.25, -0.2) is 4.98 Å². The van der Waals surface area contributed by atoms with Gasteiger partial charge in [0.05, 0.1) is 18.6 Å². The van der Waals surface area contributed by atoms with Crippen LogP contribution in [0.15, 0.2) is 39.7 Å². The Morgan fingerprint density at radius 1 is 1.33 bits per heavy atom. The van der Waals surface area contributed by atoms with E-state index in [1.165, 1.54) is 5.69 Å². The van der Waals surface area contributed by atoms with Crippen LogP contribution in [0.1, 0.15) is 19.0 Å². The quantitative estimate of drug-likeness (QED) is 0.841. The zero-order chi connectivity index (χ0) is 13.0. The molecule has 96 valence electrons. The lowest BCUT2D eigenvalue weighted by atomic mass is 10.3. The smallest absolute Gasteiger partial charge is 0.0948 e. The van der Waals surface area contributed by atoms with Gasteiger partial charge in [0.25, 0.3) is 0 Å². The van der Waals surface area contributed by atoms with Gasteiger partial charge in [-0.2, -0.15) is 0 Å². The minimum atomic E-state index is 0.773. The minimum absolute atomic E-state index is 0.773. The minimum Gasteiger partial charge on any atom is -0.378 e. The van der Waals surface area contributed by atoms with Gasteiger partial charge in [-0.05, 0) is 40.5 Å². The van der Waals surface area contributed by atoms with Crippen LogP contribution in [0, 0.1) is 0 Å². The molecule has 0 bridgehead atoms. The van der Waals surface area contributed by atoms with Crippen molar-refractivity contribution in [3.8, 4) is 0 Å². The van der Waals surface area contributed by atoms with E-state index in [2.05, 4.69) is 59.7 Å². The molecule has 0 saturated heterocycles. The molecule has 2 rings (SSSR count). The zero-order valence-electron chi connectivity index (χ0n) is 10.2. The highest BCUT2D eigenvalue weighted by Crippen LogP contribution is 2.26. The number of anilines is 1. The molecule has 1 aromatic carbocycles. The number of rotatable bonds is 5. The molecule has 0 fully saturated rings. The van der Waals surface area contributed by atoms with Crippen LogP contribution in [0.5, 0.6) is 0 Å². The third-order valence-corrected chi connectivity index (χ3v) is 3.84. The maximum atomic E-state index is 4.19. The Bertz CT molecular complexity index is 523. The summed E-state index contributed by atoms with van der Waals surface area (Å²) >= 11 is 7.01. The number of nitrogens with zero attached hydrogens (tertiary/aromatic N) is 2. The molecule has 0 radical (unpaired) electrons. The average Bonchev–Trinajstić information content (AvgIpc) is 2.78. The Morgan fingerprint density at radius 2 is 2.17 bits per heavy atom. The molecule has 3 nitrogen and oxygen atoms in total. The lowest BCUT2D eigenvalue weighted by molar-refractivity contribution is 0.651. The number of imidazole rings is 1. The monoisotopic (exact) mass is 371 g/mol. The Balaban J connectivity index is 2.06. The molecule has 0 amide bonds. The molecule has 0 atom stereocenters. The first kappa shape index (κ1) is 13.6. The molecule has 1 aromatic heterocycles. The lowest BCUT2D eigenvalue weighted by Gasteiger charge is -2.11. The summed E-state index contributed by atoms with van der Waals surface area (Å²) in [4.78, 5) is 4.19. The fraction of sp³-hybridized carbons (Fsp3) is 0.308. The van der Waals surface area contributed by atoms with Crippen LogP contribution < -0.4 is 5.32 Å². The fourth-order valence-electron chi connectivity index (χ4n) is 1.76. The molecule has 0 saturated carbocycles. The molecule has 0 aliphatic carbocycles. The van der Waals surface area contributed by atoms with Gasteiger partial charge in [-0.1, -0.05) is 22.9 Å². The third-order valence-electron chi connectivity index (χ3n) is 2.65. The van der Waals surface area contributed by atoms with Gasteiger partial charge in [0, 0.05) is 27.4 Å². The molecular formula is C13H15Br2N3. The van der Waals surface area contributed by atoms with Crippen LogP contribution in [0.3, 0.4) is 0 Å². The first-order valence-electron chi connectivity index (χ1n) is 5.88. The molecule has 18 heavy (non-hydrogen) atoms. The zero-order valence-corrected chi connectivity index (χ0v) is 13.3. The highest BCUT2D eigenvalue weighted by molar-refractivity contribution is 9.11. The Hall–Kier alpha value is -0.810. The topological polar surface area (TPSA) is 29.9 Å². The Kier molecular flexibility index (Phi) is 4.83. The van der Waals surface area contributed by atoms with Crippen LogP contribution in [-0.2, 0) is 13.1 Å². The van der Waals surface area contributed by atoms with E-state index in [-0.39, 0.29) is 0 Å². The van der Waals surface area contributed by atoms with E-state index in [9.17, 15) is 0 Å². The van der Waals surface area contributed by atoms with Crippen molar-refractivity contribution >= 4 is 37.5 Å². The van der Waals surface area contributed by atoms with Crippen LogP contribution in [0.4, 0.5) is 5.69 Å². The molecule has 0 aliphatic rings. The number of hydrogen-bond acceptors (Lipinski definition) is 2. The SMILES string of the molecule is CCCn1cncc1CNc1cc(Br)ccc1Br. The van der Waals surface area contributed by atoms with E-state index >= 15 is 0 Å². The highest BCUT2D eigenvalue weighted by Gasteiger charge is 2.04. The number of benzene rings is 1. The molecule has 5 heteroatoms. The first-order chi connectivity index (χ1) is 8.70. The van der Waals surface area contributed by atoms with Crippen LogP contribution >= 0.6 is 31.9 Å². The largest absolute Gasteiger partial charge is 0.378 e. The molecular weight excluding hydrogens is 358 g/mol. The summed E-state index contributed by atoms with van der Waals surface area (Å²) in [5.74, 6) is 0. The van der Waals surface area contributed by atoms with Gasteiger partial charge in [0.15, 0.2) is 0 Å². The summed E-state index contributed by atoms with van der Waals surface area (Å²) < 4.78 is 4.31. The summed E-state index contributed by atoms with van der Waals surface area (Å²) in [6.45, 7) is 3.95. The predicted octanol–water partition coefficient (Wildman–Crippen LogP) is 4.43. The van der Waals surface area contributed by atoms with Gasteiger partial charge < -0.3 is 9.88 Å². The van der Waals surface area contributed by atoms with E-state index in [1.54, 1.807) is 0 Å². The van der Waals surface area contributed by atoms with E-state index in [4.69, 9.17) is 0 Å². The third kappa shape index (κ3) is 3.36. The van der Waals surface area contributed by atoms with E-state index in [0.717, 1.165) is 34.1 Å². The van der Waals surface area contributed by atoms with Gasteiger partial charge in [0.2, 0.25) is 0 Å². The van der Waals surface area contributed by atoms with Gasteiger partial charge in [-0.3, -0.25) is 0 Å². The molecule has 1 heterocycles. The van der Waals surface area contributed by atoms with E-state index in [1.807, 2.05) is 24.7 Å². The summed E-state index contributed by atoms with van der Waals surface area (Å²) in [5.41, 5.74) is 2.28. The van der Waals surface area contributed by atoms with Crippen molar-refractivity contribution in [2.45, 2.75) is 26.4 Å².